The van der Waals surface area contributed by atoms with E-state index in [0.717, 1.165) is 25.2 Å². The maximum absolute atomic E-state index is 6.23. The molecule has 0 radical (unpaired) electrons. The van der Waals surface area contributed by atoms with E-state index in [-0.39, 0.29) is 0 Å². The van der Waals surface area contributed by atoms with Gasteiger partial charge in [0.15, 0.2) is 0 Å². The van der Waals surface area contributed by atoms with Crippen LogP contribution in [0.4, 0.5) is 0 Å². The van der Waals surface area contributed by atoms with Crippen molar-refractivity contribution in [2.45, 2.75) is 45.1 Å². The van der Waals surface area contributed by atoms with E-state index in [9.17, 15) is 0 Å². The Morgan fingerprint density at radius 1 is 1.25 bits per heavy atom. The van der Waals surface area contributed by atoms with Gasteiger partial charge in [0.1, 0.15) is 0 Å². The van der Waals surface area contributed by atoms with Gasteiger partial charge in [-0.2, -0.15) is 0 Å². The van der Waals surface area contributed by atoms with Gasteiger partial charge < -0.3 is 5.64 Å². The van der Waals surface area contributed by atoms with Gasteiger partial charge in [0.2, 0.25) is 7.41 Å². The molecule has 1 unspecified atom stereocenters. The molecule has 0 bridgehead atoms. The molecule has 1 fully saturated rings. The second-order valence-corrected chi connectivity index (χ2v) is 8.15. The van der Waals surface area contributed by atoms with Crippen LogP contribution in [0.2, 0.25) is 0 Å². The number of fused-ring (bicyclic) bond motifs is 1. The minimum absolute atomic E-state index is 0.324. The van der Waals surface area contributed by atoms with Crippen LogP contribution in [0.1, 0.15) is 47.6 Å². The first kappa shape index (κ1) is 19.0. The molecule has 3 heteroatoms. The Labute approximate surface area is 169 Å². The van der Waals surface area contributed by atoms with E-state index in [0.29, 0.717) is 13.5 Å². The van der Waals surface area contributed by atoms with Crippen LogP contribution in [-0.2, 0) is 19.3 Å². The highest BCUT2D eigenvalue weighted by Gasteiger charge is 2.27. The molecule has 1 saturated carbocycles. The lowest BCUT2D eigenvalue weighted by Gasteiger charge is -2.15. The highest BCUT2D eigenvalue weighted by atomic mass is 14.8. The van der Waals surface area contributed by atoms with Crippen LogP contribution >= 0.6 is 0 Å². The number of hydrogen-bond donors (Lipinski definition) is 1. The second kappa shape index (κ2) is 8.32. The fourth-order valence-corrected chi connectivity index (χ4v) is 4.36. The molecule has 0 aromatic heterocycles. The lowest BCUT2D eigenvalue weighted by molar-refractivity contribution is 0.726. The Bertz CT molecular complexity index is 923. The normalized spacial score (nSPS) is 19.1. The molecular formula is C25H29BN2. The summed E-state index contributed by atoms with van der Waals surface area (Å²) in [6.07, 6.45) is 12.0. The number of benzene rings is 2. The van der Waals surface area contributed by atoms with Crippen molar-refractivity contribution >= 4 is 31.2 Å². The minimum atomic E-state index is 0.324. The van der Waals surface area contributed by atoms with Gasteiger partial charge in [0.05, 0.1) is 6.04 Å². The first-order valence-electron chi connectivity index (χ1n) is 10.4. The molecule has 142 valence electrons. The predicted octanol–water partition coefficient (Wildman–Crippen LogP) is 3.86. The monoisotopic (exact) mass is 368 g/mol. The zero-order valence-corrected chi connectivity index (χ0v) is 16.8. The summed E-state index contributed by atoms with van der Waals surface area (Å²) >= 11 is 0. The number of nitrogens with zero attached hydrogens (tertiary/aromatic N) is 1. The van der Waals surface area contributed by atoms with E-state index < -0.39 is 0 Å². The third-order valence-corrected chi connectivity index (χ3v) is 6.12. The van der Waals surface area contributed by atoms with Crippen molar-refractivity contribution in [3.63, 3.8) is 0 Å². The van der Waals surface area contributed by atoms with Gasteiger partial charge in [-0.25, -0.2) is 0 Å². The van der Waals surface area contributed by atoms with Crippen molar-refractivity contribution in [2.24, 2.45) is 16.6 Å². The lowest BCUT2D eigenvalue weighted by Crippen LogP contribution is -2.30. The second-order valence-electron chi connectivity index (χ2n) is 8.15. The Morgan fingerprint density at radius 3 is 2.71 bits per heavy atom. The molecule has 4 rings (SSSR count). The number of rotatable bonds is 7. The summed E-state index contributed by atoms with van der Waals surface area (Å²) in [5, 5.41) is 0. The van der Waals surface area contributed by atoms with E-state index in [1.54, 1.807) is 0 Å². The standard InChI is InChI=1S/C25H29BN2/c1-3-19-14-21-15-22(28-12-11-18-7-5-4-6-8-18)16-24(21)25(26-27)23(19)13-17(2)20-9-10-20/h3-8,12-14,20,22,26H,1,9-11,15-16,27H2,2H3/b17-13+,28-12+. The number of hydrogen-bond acceptors (Lipinski definition) is 2. The van der Waals surface area contributed by atoms with Crippen molar-refractivity contribution in [1.82, 2.24) is 0 Å². The molecule has 0 amide bonds. The zero-order chi connectivity index (χ0) is 19.5. The van der Waals surface area contributed by atoms with Gasteiger partial charge in [-0.15, -0.1) is 0 Å². The average Bonchev–Trinajstić information content (AvgIpc) is 3.49. The molecule has 0 heterocycles. The molecule has 0 spiro atoms. The molecule has 1 atom stereocenters. The van der Waals surface area contributed by atoms with Crippen molar-refractivity contribution < 1.29 is 0 Å². The molecular weight excluding hydrogens is 339 g/mol. The Balaban J connectivity index is 1.57. The van der Waals surface area contributed by atoms with Crippen LogP contribution in [0.15, 0.2) is 53.5 Å². The van der Waals surface area contributed by atoms with E-state index in [1.807, 2.05) is 6.08 Å². The van der Waals surface area contributed by atoms with Gasteiger partial charge in [-0.1, -0.05) is 66.2 Å². The topological polar surface area (TPSA) is 38.4 Å². The average molecular weight is 368 g/mol. The molecule has 0 aliphatic heterocycles. The van der Waals surface area contributed by atoms with Crippen molar-refractivity contribution in [2.75, 3.05) is 0 Å². The summed E-state index contributed by atoms with van der Waals surface area (Å²) in [6, 6.07) is 13.2. The maximum Gasteiger partial charge on any atom is 0.234 e. The highest BCUT2D eigenvalue weighted by Crippen LogP contribution is 2.37. The minimum Gasteiger partial charge on any atom is -0.369 e. The SMILES string of the molecule is C=Cc1cc2c(c(BN)c1/C=C(\C)C1CC1)CC(/N=C/Cc1ccccc1)C2. The van der Waals surface area contributed by atoms with E-state index in [2.05, 4.69) is 62.2 Å². The molecule has 2 aromatic carbocycles. The third kappa shape index (κ3) is 4.05. The first-order valence-corrected chi connectivity index (χ1v) is 10.4. The zero-order valence-electron chi connectivity index (χ0n) is 16.8. The number of aliphatic imine (C=N–C) groups is 1. The molecule has 0 saturated heterocycles. The van der Waals surface area contributed by atoms with Crippen LogP contribution in [0.3, 0.4) is 0 Å². The van der Waals surface area contributed by atoms with E-state index in [1.165, 1.54) is 51.7 Å². The van der Waals surface area contributed by atoms with E-state index in [4.69, 9.17) is 10.6 Å². The Hall–Kier alpha value is -2.39. The van der Waals surface area contributed by atoms with Crippen LogP contribution in [0.25, 0.3) is 12.2 Å². The van der Waals surface area contributed by atoms with Crippen LogP contribution in [-0.4, -0.2) is 19.7 Å². The van der Waals surface area contributed by atoms with Crippen LogP contribution < -0.4 is 11.1 Å². The maximum atomic E-state index is 6.23. The molecule has 2 nitrogen and oxygen atoms in total. The van der Waals surface area contributed by atoms with Crippen molar-refractivity contribution in [3.8, 4) is 0 Å². The quantitative estimate of drug-likeness (QED) is 0.585. The molecule has 2 N–H and O–H groups in total. The Kier molecular flexibility index (Phi) is 5.63. The summed E-state index contributed by atoms with van der Waals surface area (Å²) in [4.78, 5) is 4.89. The highest BCUT2D eigenvalue weighted by molar-refractivity contribution is 6.52. The fourth-order valence-electron chi connectivity index (χ4n) is 4.36. The summed E-state index contributed by atoms with van der Waals surface area (Å²) in [6.45, 7) is 6.32. The molecule has 2 aliphatic rings. The van der Waals surface area contributed by atoms with Crippen molar-refractivity contribution in [1.29, 1.82) is 0 Å². The summed E-state index contributed by atoms with van der Waals surface area (Å²) in [7, 11) is 0.578. The molecule has 2 aromatic rings. The van der Waals surface area contributed by atoms with Gasteiger partial charge in [-0.05, 0) is 66.3 Å². The van der Waals surface area contributed by atoms with Crippen LogP contribution in [0, 0.1) is 5.92 Å². The van der Waals surface area contributed by atoms with Crippen molar-refractivity contribution in [3.05, 3.63) is 76.4 Å². The summed E-state index contributed by atoms with van der Waals surface area (Å²) < 4.78 is 0. The summed E-state index contributed by atoms with van der Waals surface area (Å²) in [5.41, 5.74) is 15.6. The molecule has 2 aliphatic carbocycles. The Morgan fingerprint density at radius 2 is 2.04 bits per heavy atom. The fraction of sp³-hybridized carbons (Fsp3) is 0.320. The predicted molar refractivity (Wildman–Crippen MR) is 124 cm³/mol. The third-order valence-electron chi connectivity index (χ3n) is 6.12. The van der Waals surface area contributed by atoms with Gasteiger partial charge in [-0.3, -0.25) is 4.99 Å². The number of allylic oxidation sites excluding steroid dienone is 1. The first-order chi connectivity index (χ1) is 13.7. The van der Waals surface area contributed by atoms with E-state index >= 15 is 0 Å². The summed E-state index contributed by atoms with van der Waals surface area (Å²) in [5.74, 6) is 0.770. The lowest BCUT2D eigenvalue weighted by atomic mass is 9.74. The van der Waals surface area contributed by atoms with Gasteiger partial charge in [0.25, 0.3) is 0 Å². The van der Waals surface area contributed by atoms with Crippen LogP contribution in [0.5, 0.6) is 0 Å². The van der Waals surface area contributed by atoms with Gasteiger partial charge >= 0.3 is 0 Å². The smallest absolute Gasteiger partial charge is 0.234 e. The number of nitrogens with two attached hydrogens (primary N) is 1. The largest absolute Gasteiger partial charge is 0.369 e. The molecule has 28 heavy (non-hydrogen) atoms. The van der Waals surface area contributed by atoms with Gasteiger partial charge in [0, 0.05) is 12.6 Å².